The van der Waals surface area contributed by atoms with Crippen LogP contribution in [-0.4, -0.2) is 30.9 Å². The van der Waals surface area contributed by atoms with Crippen molar-refractivity contribution in [1.82, 2.24) is 10.2 Å². The van der Waals surface area contributed by atoms with Gasteiger partial charge in [0, 0.05) is 6.54 Å². The lowest BCUT2D eigenvalue weighted by Crippen LogP contribution is -2.41. The SMILES string of the molecule is CN1CCC(C2(C(=O)NCc3ccc(F)c(F)c3)CC2)CC1. The molecule has 0 atom stereocenters. The number of nitrogens with one attached hydrogen (secondary N) is 1. The molecule has 1 saturated carbocycles. The van der Waals surface area contributed by atoms with Gasteiger partial charge in [-0.3, -0.25) is 4.79 Å². The van der Waals surface area contributed by atoms with E-state index in [0.29, 0.717) is 11.5 Å². The number of likely N-dealkylation sites (tertiary alicyclic amines) is 1. The quantitative estimate of drug-likeness (QED) is 0.927. The van der Waals surface area contributed by atoms with E-state index in [2.05, 4.69) is 17.3 Å². The molecule has 2 fully saturated rings. The number of amides is 1. The first-order chi connectivity index (χ1) is 10.5. The van der Waals surface area contributed by atoms with Crippen LogP contribution in [-0.2, 0) is 11.3 Å². The summed E-state index contributed by atoms with van der Waals surface area (Å²) in [5, 5.41) is 2.92. The maximum atomic E-state index is 13.2. The first kappa shape index (κ1) is 15.4. The van der Waals surface area contributed by atoms with Crippen LogP contribution in [0.5, 0.6) is 0 Å². The lowest BCUT2D eigenvalue weighted by Gasteiger charge is -2.34. The van der Waals surface area contributed by atoms with Crippen LogP contribution in [0.3, 0.4) is 0 Å². The molecule has 3 nitrogen and oxygen atoms in total. The molecule has 1 heterocycles. The summed E-state index contributed by atoms with van der Waals surface area (Å²) < 4.78 is 26.1. The second kappa shape index (κ2) is 5.95. The van der Waals surface area contributed by atoms with Crippen LogP contribution in [0.15, 0.2) is 18.2 Å². The number of rotatable bonds is 4. The fraction of sp³-hybridized carbons (Fsp3) is 0.588. The molecule has 1 N–H and O–H groups in total. The van der Waals surface area contributed by atoms with Gasteiger partial charge in [0.25, 0.3) is 0 Å². The molecule has 22 heavy (non-hydrogen) atoms. The van der Waals surface area contributed by atoms with E-state index >= 15 is 0 Å². The molecule has 1 saturated heterocycles. The Morgan fingerprint density at radius 2 is 1.95 bits per heavy atom. The molecule has 0 unspecified atom stereocenters. The number of nitrogens with zero attached hydrogens (tertiary/aromatic N) is 1. The van der Waals surface area contributed by atoms with Gasteiger partial charge < -0.3 is 10.2 Å². The Hall–Kier alpha value is -1.49. The normalized spacial score (nSPS) is 21.6. The zero-order chi connectivity index (χ0) is 15.7. The van der Waals surface area contributed by atoms with Gasteiger partial charge in [-0.15, -0.1) is 0 Å². The Kier molecular flexibility index (Phi) is 4.17. The Labute approximate surface area is 129 Å². The van der Waals surface area contributed by atoms with Crippen molar-refractivity contribution in [2.45, 2.75) is 32.2 Å². The number of carbonyl (C=O) groups excluding carboxylic acids is 1. The largest absolute Gasteiger partial charge is 0.352 e. The van der Waals surface area contributed by atoms with Crippen LogP contribution in [0.2, 0.25) is 0 Å². The molecule has 0 radical (unpaired) electrons. The molecule has 120 valence electrons. The molecule has 1 aromatic rings. The number of hydrogen-bond donors (Lipinski definition) is 1. The zero-order valence-corrected chi connectivity index (χ0v) is 12.9. The maximum absolute atomic E-state index is 13.2. The van der Waals surface area contributed by atoms with E-state index in [0.717, 1.165) is 50.9 Å². The number of halogens is 2. The minimum absolute atomic E-state index is 0.0757. The summed E-state index contributed by atoms with van der Waals surface area (Å²) in [6, 6.07) is 3.75. The van der Waals surface area contributed by atoms with Crippen LogP contribution in [0.1, 0.15) is 31.2 Å². The average molecular weight is 308 g/mol. The van der Waals surface area contributed by atoms with E-state index < -0.39 is 11.6 Å². The molecule has 0 aromatic heterocycles. The summed E-state index contributed by atoms with van der Waals surface area (Å²) in [5.41, 5.74) is 0.381. The third kappa shape index (κ3) is 3.00. The molecule has 0 spiro atoms. The first-order valence-corrected chi connectivity index (χ1v) is 7.92. The van der Waals surface area contributed by atoms with Crippen LogP contribution >= 0.6 is 0 Å². The van der Waals surface area contributed by atoms with Crippen molar-refractivity contribution in [2.24, 2.45) is 11.3 Å². The highest BCUT2D eigenvalue weighted by Crippen LogP contribution is 2.55. The number of carbonyl (C=O) groups is 1. The van der Waals surface area contributed by atoms with E-state index in [-0.39, 0.29) is 17.9 Å². The Balaban J connectivity index is 1.58. The van der Waals surface area contributed by atoms with Gasteiger partial charge in [-0.25, -0.2) is 8.78 Å². The Morgan fingerprint density at radius 1 is 1.27 bits per heavy atom. The van der Waals surface area contributed by atoms with Crippen molar-refractivity contribution in [3.63, 3.8) is 0 Å². The van der Waals surface area contributed by atoms with Crippen molar-refractivity contribution in [3.8, 4) is 0 Å². The third-order valence-corrected chi connectivity index (χ3v) is 5.18. The van der Waals surface area contributed by atoms with E-state index in [1.807, 2.05) is 0 Å². The molecule has 1 amide bonds. The molecule has 1 aliphatic heterocycles. The van der Waals surface area contributed by atoms with Crippen molar-refractivity contribution in [2.75, 3.05) is 20.1 Å². The number of hydrogen-bond acceptors (Lipinski definition) is 2. The van der Waals surface area contributed by atoms with Crippen LogP contribution in [0.25, 0.3) is 0 Å². The average Bonchev–Trinajstić information content (AvgIpc) is 3.30. The second-order valence-electron chi connectivity index (χ2n) is 6.66. The number of piperidine rings is 1. The van der Waals surface area contributed by atoms with Crippen molar-refractivity contribution in [1.29, 1.82) is 0 Å². The lowest BCUT2D eigenvalue weighted by molar-refractivity contribution is -0.129. The van der Waals surface area contributed by atoms with Crippen molar-refractivity contribution in [3.05, 3.63) is 35.4 Å². The van der Waals surface area contributed by atoms with Gasteiger partial charge in [-0.1, -0.05) is 6.07 Å². The number of benzene rings is 1. The standard InChI is InChI=1S/C17H22F2N2O/c1-21-8-4-13(5-9-21)17(6-7-17)16(22)20-11-12-2-3-14(18)15(19)10-12/h2-3,10,13H,4-9,11H2,1H3,(H,20,22). The third-order valence-electron chi connectivity index (χ3n) is 5.18. The van der Waals surface area contributed by atoms with Crippen LogP contribution in [0.4, 0.5) is 8.78 Å². The lowest BCUT2D eigenvalue weighted by atomic mass is 9.81. The minimum Gasteiger partial charge on any atom is -0.352 e. The molecule has 1 aromatic carbocycles. The van der Waals surface area contributed by atoms with E-state index in [4.69, 9.17) is 0 Å². The van der Waals surface area contributed by atoms with E-state index in [1.165, 1.54) is 6.07 Å². The zero-order valence-electron chi connectivity index (χ0n) is 12.9. The molecule has 1 aliphatic carbocycles. The van der Waals surface area contributed by atoms with Crippen molar-refractivity contribution >= 4 is 5.91 Å². The van der Waals surface area contributed by atoms with Gasteiger partial charge in [-0.2, -0.15) is 0 Å². The van der Waals surface area contributed by atoms with Gasteiger partial charge >= 0.3 is 0 Å². The van der Waals surface area contributed by atoms with Gasteiger partial charge in [-0.05, 0) is 69.4 Å². The summed E-state index contributed by atoms with van der Waals surface area (Å²) in [5.74, 6) is -1.20. The predicted molar refractivity (Wildman–Crippen MR) is 80.1 cm³/mol. The smallest absolute Gasteiger partial charge is 0.226 e. The highest BCUT2D eigenvalue weighted by atomic mass is 19.2. The maximum Gasteiger partial charge on any atom is 0.226 e. The van der Waals surface area contributed by atoms with Crippen LogP contribution in [0, 0.1) is 23.0 Å². The van der Waals surface area contributed by atoms with Crippen molar-refractivity contribution < 1.29 is 13.6 Å². The first-order valence-electron chi connectivity index (χ1n) is 7.92. The molecule has 3 rings (SSSR count). The highest BCUT2D eigenvalue weighted by molar-refractivity contribution is 5.85. The van der Waals surface area contributed by atoms with Crippen LogP contribution < -0.4 is 5.32 Å². The Bertz CT molecular complexity index is 564. The summed E-state index contributed by atoms with van der Waals surface area (Å²) in [6.45, 7) is 2.34. The molecule has 5 heteroatoms. The van der Waals surface area contributed by atoms with E-state index in [1.54, 1.807) is 0 Å². The molecular weight excluding hydrogens is 286 g/mol. The van der Waals surface area contributed by atoms with Gasteiger partial charge in [0.15, 0.2) is 11.6 Å². The monoisotopic (exact) mass is 308 g/mol. The van der Waals surface area contributed by atoms with Gasteiger partial charge in [0.2, 0.25) is 5.91 Å². The fourth-order valence-electron chi connectivity index (χ4n) is 3.52. The molecule has 0 bridgehead atoms. The van der Waals surface area contributed by atoms with E-state index in [9.17, 15) is 13.6 Å². The summed E-state index contributed by atoms with van der Waals surface area (Å²) in [7, 11) is 2.11. The molecular formula is C17H22F2N2O. The molecule has 2 aliphatic rings. The summed E-state index contributed by atoms with van der Waals surface area (Å²) in [4.78, 5) is 14.8. The topological polar surface area (TPSA) is 32.3 Å². The fourth-order valence-corrected chi connectivity index (χ4v) is 3.52. The van der Waals surface area contributed by atoms with Gasteiger partial charge in [0.1, 0.15) is 0 Å². The Morgan fingerprint density at radius 3 is 2.55 bits per heavy atom. The second-order valence-corrected chi connectivity index (χ2v) is 6.66. The van der Waals surface area contributed by atoms with Gasteiger partial charge in [0.05, 0.1) is 5.41 Å². The minimum atomic E-state index is -0.872. The summed E-state index contributed by atoms with van der Waals surface area (Å²) >= 11 is 0. The summed E-state index contributed by atoms with van der Waals surface area (Å²) in [6.07, 6.45) is 4.03. The highest BCUT2D eigenvalue weighted by Gasteiger charge is 2.55. The predicted octanol–water partition coefficient (Wildman–Crippen LogP) is 2.70.